The summed E-state index contributed by atoms with van der Waals surface area (Å²) in [6, 6.07) is 7.64. The molecule has 0 unspecified atom stereocenters. The third-order valence-corrected chi connectivity index (χ3v) is 3.97. The molecule has 1 aromatic carbocycles. The molecule has 0 aromatic heterocycles. The van der Waals surface area contributed by atoms with Crippen molar-refractivity contribution < 1.29 is 14.8 Å². The fourth-order valence-electron chi connectivity index (χ4n) is 1.66. The van der Waals surface area contributed by atoms with Gasteiger partial charge >= 0.3 is 7.12 Å². The van der Waals surface area contributed by atoms with Crippen LogP contribution in [0.5, 0.6) is 0 Å². The summed E-state index contributed by atoms with van der Waals surface area (Å²) in [6.07, 6.45) is 0. The standard InChI is InChI=1S/C17H30BNO3/c1-15(2,3)19-12-13-8-10-14(11-9-13)18(21)22-17(6,7)16(4,5)20/h8-11,19-21H,12H2,1-7H3. The molecule has 0 aliphatic carbocycles. The second kappa shape index (κ2) is 6.71. The molecule has 0 aliphatic heterocycles. The number of hydrogen-bond donors (Lipinski definition) is 3. The van der Waals surface area contributed by atoms with Crippen molar-refractivity contribution in [1.82, 2.24) is 5.32 Å². The summed E-state index contributed by atoms with van der Waals surface area (Å²) in [6.45, 7) is 14.0. The minimum atomic E-state index is -1.06. The maximum Gasteiger partial charge on any atom is 0.491 e. The Morgan fingerprint density at radius 2 is 1.50 bits per heavy atom. The van der Waals surface area contributed by atoms with Crippen LogP contribution < -0.4 is 10.8 Å². The van der Waals surface area contributed by atoms with Crippen molar-refractivity contribution in [3.05, 3.63) is 29.8 Å². The van der Waals surface area contributed by atoms with Crippen LogP contribution in [0.25, 0.3) is 0 Å². The highest BCUT2D eigenvalue weighted by molar-refractivity contribution is 6.60. The van der Waals surface area contributed by atoms with Crippen molar-refractivity contribution >= 4 is 12.6 Å². The van der Waals surface area contributed by atoms with Gasteiger partial charge in [-0.2, -0.15) is 0 Å². The molecule has 5 heteroatoms. The van der Waals surface area contributed by atoms with Gasteiger partial charge in [-0.15, -0.1) is 0 Å². The van der Waals surface area contributed by atoms with Crippen molar-refractivity contribution in [3.63, 3.8) is 0 Å². The quantitative estimate of drug-likeness (QED) is 0.702. The predicted molar refractivity (Wildman–Crippen MR) is 92.1 cm³/mol. The molecule has 4 nitrogen and oxygen atoms in total. The lowest BCUT2D eigenvalue weighted by Crippen LogP contribution is -2.53. The first-order valence-electron chi connectivity index (χ1n) is 7.74. The zero-order valence-electron chi connectivity index (χ0n) is 14.9. The topological polar surface area (TPSA) is 61.7 Å². The fourth-order valence-corrected chi connectivity index (χ4v) is 1.66. The van der Waals surface area contributed by atoms with Crippen LogP contribution in [0.2, 0.25) is 0 Å². The molecule has 0 amide bonds. The largest absolute Gasteiger partial charge is 0.491 e. The molecular formula is C17H30BNO3. The average Bonchev–Trinajstić information content (AvgIpc) is 2.34. The van der Waals surface area contributed by atoms with Crippen LogP contribution in [0.3, 0.4) is 0 Å². The first-order chi connectivity index (χ1) is 9.82. The van der Waals surface area contributed by atoms with E-state index in [1.807, 2.05) is 24.3 Å². The number of hydrogen-bond acceptors (Lipinski definition) is 4. The Hall–Kier alpha value is -0.875. The van der Waals surface area contributed by atoms with Crippen molar-refractivity contribution in [2.75, 3.05) is 0 Å². The normalized spacial score (nSPS) is 13.3. The maximum absolute atomic E-state index is 10.2. The third kappa shape index (κ3) is 5.73. The molecule has 3 N–H and O–H groups in total. The molecule has 0 radical (unpaired) electrons. The van der Waals surface area contributed by atoms with E-state index in [0.29, 0.717) is 5.46 Å². The van der Waals surface area contributed by atoms with Gasteiger partial charge < -0.3 is 20.1 Å². The molecule has 1 aromatic rings. The van der Waals surface area contributed by atoms with Gasteiger partial charge in [0.15, 0.2) is 0 Å². The number of benzene rings is 1. The SMILES string of the molecule is CC(C)(C)NCc1ccc(B(O)OC(C)(C)C(C)(C)O)cc1. The van der Waals surface area contributed by atoms with Crippen molar-refractivity contribution in [3.8, 4) is 0 Å². The molecule has 0 heterocycles. The van der Waals surface area contributed by atoms with Gasteiger partial charge in [0.25, 0.3) is 0 Å². The number of nitrogens with one attached hydrogen (secondary N) is 1. The van der Waals surface area contributed by atoms with Gasteiger partial charge in [0.1, 0.15) is 0 Å². The smallest absolute Gasteiger partial charge is 0.423 e. The Morgan fingerprint density at radius 3 is 1.91 bits per heavy atom. The van der Waals surface area contributed by atoms with E-state index in [2.05, 4.69) is 26.1 Å². The first-order valence-corrected chi connectivity index (χ1v) is 7.74. The van der Waals surface area contributed by atoms with E-state index in [0.717, 1.165) is 12.1 Å². The highest BCUT2D eigenvalue weighted by Gasteiger charge is 2.39. The van der Waals surface area contributed by atoms with E-state index in [9.17, 15) is 10.1 Å². The van der Waals surface area contributed by atoms with Crippen molar-refractivity contribution in [1.29, 1.82) is 0 Å². The molecule has 1 rings (SSSR count). The van der Waals surface area contributed by atoms with Crippen LogP contribution in [-0.2, 0) is 11.2 Å². The molecule has 0 bridgehead atoms. The summed E-state index contributed by atoms with van der Waals surface area (Å²) >= 11 is 0. The summed E-state index contributed by atoms with van der Waals surface area (Å²) < 4.78 is 5.63. The summed E-state index contributed by atoms with van der Waals surface area (Å²) in [4.78, 5) is 0. The summed E-state index contributed by atoms with van der Waals surface area (Å²) in [5, 5.41) is 23.7. The lowest BCUT2D eigenvalue weighted by atomic mass is 9.76. The minimum Gasteiger partial charge on any atom is -0.423 e. The molecule has 0 saturated carbocycles. The Labute approximate surface area is 135 Å². The minimum absolute atomic E-state index is 0.0675. The van der Waals surface area contributed by atoms with Crippen LogP contribution in [-0.4, -0.2) is 34.0 Å². The van der Waals surface area contributed by atoms with E-state index >= 15 is 0 Å². The van der Waals surface area contributed by atoms with Gasteiger partial charge in [-0.05, 0) is 59.5 Å². The van der Waals surface area contributed by atoms with Gasteiger partial charge in [-0.25, -0.2) is 0 Å². The second-order valence-corrected chi connectivity index (χ2v) is 7.88. The zero-order chi connectivity index (χ0) is 17.2. The van der Waals surface area contributed by atoms with Crippen LogP contribution in [0.4, 0.5) is 0 Å². The van der Waals surface area contributed by atoms with Crippen LogP contribution in [0.1, 0.15) is 54.0 Å². The molecule has 0 aliphatic rings. The van der Waals surface area contributed by atoms with E-state index in [1.165, 1.54) is 0 Å². The van der Waals surface area contributed by atoms with Gasteiger partial charge in [-0.1, -0.05) is 24.3 Å². The van der Waals surface area contributed by atoms with Gasteiger partial charge in [-0.3, -0.25) is 0 Å². The van der Waals surface area contributed by atoms with E-state index in [4.69, 9.17) is 4.65 Å². The Balaban J connectivity index is 2.70. The maximum atomic E-state index is 10.2. The van der Waals surface area contributed by atoms with Crippen molar-refractivity contribution in [2.45, 2.75) is 71.8 Å². The molecule has 0 fully saturated rings. The molecular weight excluding hydrogens is 277 g/mol. The lowest BCUT2D eigenvalue weighted by molar-refractivity contribution is -0.0982. The Kier molecular flexibility index (Phi) is 5.85. The first kappa shape index (κ1) is 19.2. The number of rotatable bonds is 6. The third-order valence-electron chi connectivity index (χ3n) is 3.97. The van der Waals surface area contributed by atoms with Crippen LogP contribution in [0.15, 0.2) is 24.3 Å². The fraction of sp³-hybridized carbons (Fsp3) is 0.647. The van der Waals surface area contributed by atoms with Gasteiger partial charge in [0.05, 0.1) is 11.2 Å². The Bertz CT molecular complexity index is 472. The van der Waals surface area contributed by atoms with E-state index < -0.39 is 18.3 Å². The highest BCUT2D eigenvalue weighted by atomic mass is 16.5. The zero-order valence-corrected chi connectivity index (χ0v) is 14.9. The van der Waals surface area contributed by atoms with Crippen LogP contribution >= 0.6 is 0 Å². The average molecular weight is 307 g/mol. The lowest BCUT2D eigenvalue weighted by Gasteiger charge is -2.38. The summed E-state index contributed by atoms with van der Waals surface area (Å²) in [7, 11) is -1.06. The molecule has 0 saturated heterocycles. The molecule has 0 spiro atoms. The second-order valence-electron chi connectivity index (χ2n) is 7.88. The molecule has 0 atom stereocenters. The predicted octanol–water partition coefficient (Wildman–Crippen LogP) is 1.83. The Morgan fingerprint density at radius 1 is 1.00 bits per heavy atom. The molecule has 124 valence electrons. The highest BCUT2D eigenvalue weighted by Crippen LogP contribution is 2.25. The summed E-state index contributed by atoms with van der Waals surface area (Å²) in [5.74, 6) is 0. The monoisotopic (exact) mass is 307 g/mol. The van der Waals surface area contributed by atoms with Gasteiger partial charge in [0, 0.05) is 12.1 Å². The molecule has 22 heavy (non-hydrogen) atoms. The van der Waals surface area contributed by atoms with E-state index in [-0.39, 0.29) is 5.54 Å². The van der Waals surface area contributed by atoms with Crippen LogP contribution in [0, 0.1) is 0 Å². The van der Waals surface area contributed by atoms with Gasteiger partial charge in [0.2, 0.25) is 0 Å². The summed E-state index contributed by atoms with van der Waals surface area (Å²) in [5.41, 5.74) is -0.0222. The van der Waals surface area contributed by atoms with E-state index in [1.54, 1.807) is 27.7 Å². The number of aliphatic hydroxyl groups is 1. The van der Waals surface area contributed by atoms with Crippen molar-refractivity contribution in [2.24, 2.45) is 0 Å².